The minimum absolute atomic E-state index is 0.141. The fraction of sp³-hybridized carbons (Fsp3) is 0.286. The number of carbonyl (C=O) groups excluding carboxylic acids is 1. The van der Waals surface area contributed by atoms with E-state index in [0.29, 0.717) is 22.3 Å². The predicted octanol–water partition coefficient (Wildman–Crippen LogP) is 5.05. The Morgan fingerprint density at radius 2 is 2.06 bits per heavy atom. The van der Waals surface area contributed by atoms with E-state index < -0.39 is 0 Å². The number of carbonyl (C=O) groups is 1. The van der Waals surface area contributed by atoms with Gasteiger partial charge in [-0.2, -0.15) is 5.10 Å². The van der Waals surface area contributed by atoms with E-state index in [1.807, 2.05) is 42.2 Å². The summed E-state index contributed by atoms with van der Waals surface area (Å²) in [4.78, 5) is 22.8. The summed E-state index contributed by atoms with van der Waals surface area (Å²) in [7, 11) is 0. The Morgan fingerprint density at radius 3 is 2.75 bits per heavy atom. The van der Waals surface area contributed by atoms with Gasteiger partial charge in [-0.1, -0.05) is 17.4 Å². The molecule has 4 rings (SSSR count). The van der Waals surface area contributed by atoms with Crippen LogP contribution in [0.3, 0.4) is 0 Å². The van der Waals surface area contributed by atoms with Crippen LogP contribution in [0, 0.1) is 32.5 Å². The van der Waals surface area contributed by atoms with Crippen molar-refractivity contribution in [3.8, 4) is 22.0 Å². The van der Waals surface area contributed by atoms with Crippen LogP contribution in [-0.2, 0) is 17.9 Å². The van der Waals surface area contributed by atoms with Gasteiger partial charge in [-0.3, -0.25) is 14.5 Å². The van der Waals surface area contributed by atoms with Crippen LogP contribution in [0.4, 0.5) is 5.13 Å². The highest BCUT2D eigenvalue weighted by atomic mass is 32.1. The van der Waals surface area contributed by atoms with Gasteiger partial charge in [0.1, 0.15) is 6.54 Å². The topological polar surface area (TPSA) is 93.4 Å². The molecule has 11 heteroatoms. The molecule has 0 atom stereocenters. The Hall–Kier alpha value is -2.89. The van der Waals surface area contributed by atoms with Gasteiger partial charge in [-0.25, -0.2) is 9.97 Å². The molecule has 0 aliphatic rings. The quantitative estimate of drug-likeness (QED) is 0.282. The second kappa shape index (κ2) is 8.93. The summed E-state index contributed by atoms with van der Waals surface area (Å²) in [6, 6.07) is 2.07. The number of aromatic amines is 1. The molecule has 0 aromatic carbocycles. The second-order valence-corrected chi connectivity index (χ2v) is 9.80. The third kappa shape index (κ3) is 4.23. The highest BCUT2D eigenvalue weighted by Gasteiger charge is 2.19. The van der Waals surface area contributed by atoms with Gasteiger partial charge < -0.3 is 9.88 Å². The van der Waals surface area contributed by atoms with Crippen molar-refractivity contribution in [1.29, 1.82) is 0 Å². The van der Waals surface area contributed by atoms with Gasteiger partial charge in [0, 0.05) is 28.9 Å². The Kier molecular flexibility index (Phi) is 6.22. The number of nitrogens with one attached hydrogen (secondary N) is 2. The number of H-pyrrole nitrogens is 1. The van der Waals surface area contributed by atoms with E-state index in [1.54, 1.807) is 17.4 Å². The molecule has 8 nitrogen and oxygen atoms in total. The molecule has 1 amide bonds. The van der Waals surface area contributed by atoms with Gasteiger partial charge in [0.05, 0.1) is 21.3 Å². The van der Waals surface area contributed by atoms with Crippen LogP contribution in [0.5, 0.6) is 0 Å². The van der Waals surface area contributed by atoms with E-state index in [-0.39, 0.29) is 12.5 Å². The molecule has 4 heterocycles. The standard InChI is InChI=1S/C21H23N7OS3/c1-6-7-27-19(25-26-21(27)30)18-12(3)22-20(32-18)24-17(29)9-28-11(2)8-15(13(28)4)16-10-31-14(5)23-16/h6,8,10H,1,7,9H2,2-5H3,(H,26,30)(H,22,24,29). The monoisotopic (exact) mass is 485 g/mol. The minimum atomic E-state index is -0.141. The smallest absolute Gasteiger partial charge is 0.246 e. The summed E-state index contributed by atoms with van der Waals surface area (Å²) in [5.41, 5.74) is 4.80. The molecular formula is C21H23N7OS3. The normalized spacial score (nSPS) is 11.1. The maximum Gasteiger partial charge on any atom is 0.246 e. The molecule has 0 saturated heterocycles. The van der Waals surface area contributed by atoms with Crippen molar-refractivity contribution in [2.45, 2.75) is 40.8 Å². The summed E-state index contributed by atoms with van der Waals surface area (Å²) < 4.78 is 4.36. The zero-order chi connectivity index (χ0) is 23.0. The van der Waals surface area contributed by atoms with E-state index in [4.69, 9.17) is 12.2 Å². The molecule has 0 aliphatic carbocycles. The van der Waals surface area contributed by atoms with E-state index in [2.05, 4.69) is 38.1 Å². The maximum atomic E-state index is 12.8. The number of hydrogen-bond acceptors (Lipinski definition) is 7. The minimum Gasteiger partial charge on any atom is -0.339 e. The molecule has 2 N–H and O–H groups in total. The number of nitrogens with zero attached hydrogens (tertiary/aromatic N) is 5. The lowest BCUT2D eigenvalue weighted by Gasteiger charge is -2.09. The third-order valence-electron chi connectivity index (χ3n) is 5.09. The molecule has 0 saturated carbocycles. The van der Waals surface area contributed by atoms with Crippen LogP contribution in [0.1, 0.15) is 22.1 Å². The first kappa shape index (κ1) is 22.3. The van der Waals surface area contributed by atoms with E-state index in [9.17, 15) is 4.79 Å². The molecule has 166 valence electrons. The number of rotatable bonds is 7. The number of hydrogen-bond donors (Lipinski definition) is 2. The molecule has 0 unspecified atom stereocenters. The van der Waals surface area contributed by atoms with Gasteiger partial charge >= 0.3 is 0 Å². The number of amides is 1. The van der Waals surface area contributed by atoms with Crippen molar-refractivity contribution in [2.75, 3.05) is 5.32 Å². The lowest BCUT2D eigenvalue weighted by atomic mass is 10.2. The van der Waals surface area contributed by atoms with Crippen LogP contribution in [0.25, 0.3) is 22.0 Å². The predicted molar refractivity (Wildman–Crippen MR) is 132 cm³/mol. The highest BCUT2D eigenvalue weighted by Crippen LogP contribution is 2.32. The van der Waals surface area contributed by atoms with Crippen molar-refractivity contribution in [3.63, 3.8) is 0 Å². The average molecular weight is 486 g/mol. The summed E-state index contributed by atoms with van der Waals surface area (Å²) in [6.07, 6.45) is 1.76. The van der Waals surface area contributed by atoms with Crippen LogP contribution >= 0.6 is 34.9 Å². The van der Waals surface area contributed by atoms with Crippen molar-refractivity contribution in [1.82, 2.24) is 29.3 Å². The second-order valence-electron chi connectivity index (χ2n) is 7.36. The SMILES string of the molecule is C=CCn1c(-c2sc(NC(=O)Cn3c(C)cc(-c4csc(C)n4)c3C)nc2C)n[nH]c1=S. The fourth-order valence-corrected chi connectivity index (χ4v) is 5.34. The maximum absolute atomic E-state index is 12.8. The van der Waals surface area contributed by atoms with Crippen molar-refractivity contribution in [3.05, 3.63) is 51.0 Å². The van der Waals surface area contributed by atoms with E-state index >= 15 is 0 Å². The highest BCUT2D eigenvalue weighted by molar-refractivity contribution is 7.71. The Labute approximate surface area is 198 Å². The largest absolute Gasteiger partial charge is 0.339 e. The van der Waals surface area contributed by atoms with E-state index in [1.165, 1.54) is 11.3 Å². The number of thiazole rings is 2. The first-order valence-corrected chi connectivity index (χ1v) is 12.0. The van der Waals surface area contributed by atoms with Crippen LogP contribution in [0.2, 0.25) is 0 Å². The van der Waals surface area contributed by atoms with Crippen molar-refractivity contribution in [2.24, 2.45) is 0 Å². The van der Waals surface area contributed by atoms with E-state index in [0.717, 1.165) is 38.2 Å². The summed E-state index contributed by atoms with van der Waals surface area (Å²) in [5.74, 6) is 0.545. The first-order chi connectivity index (χ1) is 15.3. The first-order valence-electron chi connectivity index (χ1n) is 9.91. The Balaban J connectivity index is 1.54. The van der Waals surface area contributed by atoms with Crippen molar-refractivity contribution >= 4 is 45.9 Å². The van der Waals surface area contributed by atoms with Crippen LogP contribution in [-0.4, -0.2) is 35.2 Å². The lowest BCUT2D eigenvalue weighted by molar-refractivity contribution is -0.116. The molecule has 32 heavy (non-hydrogen) atoms. The fourth-order valence-electron chi connectivity index (χ4n) is 3.54. The third-order valence-corrected chi connectivity index (χ3v) is 7.24. The molecule has 4 aromatic heterocycles. The van der Waals surface area contributed by atoms with Gasteiger partial charge in [0.25, 0.3) is 0 Å². The molecule has 0 spiro atoms. The summed E-state index contributed by atoms with van der Waals surface area (Å²) >= 11 is 8.29. The molecule has 0 bridgehead atoms. The zero-order valence-corrected chi connectivity index (χ0v) is 20.7. The number of allylic oxidation sites excluding steroid dienone is 1. The zero-order valence-electron chi connectivity index (χ0n) is 18.2. The summed E-state index contributed by atoms with van der Waals surface area (Å²) in [5, 5.41) is 13.7. The Bertz CT molecular complexity index is 1370. The molecule has 0 fully saturated rings. The molecule has 4 aromatic rings. The molecule has 0 aliphatic heterocycles. The Morgan fingerprint density at radius 1 is 1.28 bits per heavy atom. The number of aromatic nitrogens is 6. The van der Waals surface area contributed by atoms with Gasteiger partial charge in [-0.05, 0) is 46.0 Å². The molecular weight excluding hydrogens is 462 g/mol. The van der Waals surface area contributed by atoms with Crippen LogP contribution in [0.15, 0.2) is 24.1 Å². The van der Waals surface area contributed by atoms with Crippen LogP contribution < -0.4 is 5.32 Å². The average Bonchev–Trinajstić information content (AvgIpc) is 3.48. The van der Waals surface area contributed by atoms with Gasteiger partial charge in [0.15, 0.2) is 15.7 Å². The van der Waals surface area contributed by atoms with Gasteiger partial charge in [-0.15, -0.1) is 17.9 Å². The lowest BCUT2D eigenvalue weighted by Crippen LogP contribution is -2.20. The summed E-state index contributed by atoms with van der Waals surface area (Å²) in [6.45, 7) is 12.4. The van der Waals surface area contributed by atoms with Gasteiger partial charge in [0.2, 0.25) is 5.91 Å². The molecule has 0 radical (unpaired) electrons. The van der Waals surface area contributed by atoms with Crippen molar-refractivity contribution < 1.29 is 4.79 Å². The number of anilines is 1. The number of aryl methyl sites for hydroxylation is 3.